The molecule has 1 aliphatic rings. The maximum Gasteiger partial charge on any atom is 0.129 e. The second kappa shape index (κ2) is 3.87. The molecular formula is C12H15BrFN. The first kappa shape index (κ1) is 11.1. The second-order valence-corrected chi connectivity index (χ2v) is 5.34. The highest BCUT2D eigenvalue weighted by molar-refractivity contribution is 9.10. The molecule has 0 radical (unpaired) electrons. The summed E-state index contributed by atoms with van der Waals surface area (Å²) < 4.78 is 14.9. The molecule has 0 atom stereocenters. The molecule has 3 heteroatoms. The lowest BCUT2D eigenvalue weighted by Crippen LogP contribution is -2.42. The van der Waals surface area contributed by atoms with Crippen molar-refractivity contribution >= 4 is 15.9 Å². The van der Waals surface area contributed by atoms with Crippen molar-refractivity contribution in [1.29, 1.82) is 0 Å². The molecule has 1 saturated carbocycles. The van der Waals surface area contributed by atoms with Crippen molar-refractivity contribution in [3.05, 3.63) is 33.5 Å². The first-order valence-corrected chi connectivity index (χ1v) is 6.04. The van der Waals surface area contributed by atoms with Crippen LogP contribution in [0.4, 0.5) is 4.39 Å². The Morgan fingerprint density at radius 1 is 1.47 bits per heavy atom. The number of rotatable bonds is 2. The SMILES string of the molecule is Cc1cc(Br)cc(C2(CN)CCC2)c1F. The molecule has 2 N–H and O–H groups in total. The highest BCUT2D eigenvalue weighted by Crippen LogP contribution is 2.44. The summed E-state index contributed by atoms with van der Waals surface area (Å²) in [6.45, 7) is 2.34. The first-order chi connectivity index (χ1) is 7.09. The van der Waals surface area contributed by atoms with Gasteiger partial charge in [-0.05, 0) is 43.0 Å². The van der Waals surface area contributed by atoms with Crippen molar-refractivity contribution in [1.82, 2.24) is 0 Å². The maximum atomic E-state index is 14.0. The van der Waals surface area contributed by atoms with Gasteiger partial charge in [0.2, 0.25) is 0 Å². The van der Waals surface area contributed by atoms with Crippen LogP contribution in [0.2, 0.25) is 0 Å². The smallest absolute Gasteiger partial charge is 0.129 e. The Balaban J connectivity index is 2.51. The molecule has 0 spiro atoms. The van der Waals surface area contributed by atoms with Gasteiger partial charge in [-0.25, -0.2) is 4.39 Å². The summed E-state index contributed by atoms with van der Waals surface area (Å²) in [6, 6.07) is 3.69. The molecule has 1 fully saturated rings. The highest BCUT2D eigenvalue weighted by Gasteiger charge is 2.39. The maximum absolute atomic E-state index is 14.0. The van der Waals surface area contributed by atoms with Crippen LogP contribution in [0.1, 0.15) is 30.4 Å². The topological polar surface area (TPSA) is 26.0 Å². The summed E-state index contributed by atoms with van der Waals surface area (Å²) in [4.78, 5) is 0. The monoisotopic (exact) mass is 271 g/mol. The van der Waals surface area contributed by atoms with Gasteiger partial charge in [0.15, 0.2) is 0 Å². The van der Waals surface area contributed by atoms with E-state index in [1.54, 1.807) is 6.92 Å². The van der Waals surface area contributed by atoms with Crippen molar-refractivity contribution < 1.29 is 4.39 Å². The van der Waals surface area contributed by atoms with Gasteiger partial charge in [-0.1, -0.05) is 22.4 Å². The Hall–Kier alpha value is -0.410. The summed E-state index contributed by atoms with van der Waals surface area (Å²) in [5, 5.41) is 0. The van der Waals surface area contributed by atoms with E-state index in [-0.39, 0.29) is 11.2 Å². The minimum atomic E-state index is -0.0986. The van der Waals surface area contributed by atoms with Gasteiger partial charge in [0.1, 0.15) is 5.82 Å². The number of hydrogen-bond donors (Lipinski definition) is 1. The second-order valence-electron chi connectivity index (χ2n) is 4.42. The van der Waals surface area contributed by atoms with Gasteiger partial charge in [-0.15, -0.1) is 0 Å². The number of benzene rings is 1. The van der Waals surface area contributed by atoms with Crippen LogP contribution >= 0.6 is 15.9 Å². The summed E-state index contributed by atoms with van der Waals surface area (Å²) in [6.07, 6.45) is 3.18. The van der Waals surface area contributed by atoms with Gasteiger partial charge < -0.3 is 5.73 Å². The molecule has 0 saturated heterocycles. The van der Waals surface area contributed by atoms with Crippen LogP contribution in [0.5, 0.6) is 0 Å². The fourth-order valence-corrected chi connectivity index (χ4v) is 2.87. The fourth-order valence-electron chi connectivity index (χ4n) is 2.30. The van der Waals surface area contributed by atoms with Gasteiger partial charge in [-0.3, -0.25) is 0 Å². The zero-order valence-electron chi connectivity index (χ0n) is 8.82. The summed E-state index contributed by atoms with van der Waals surface area (Å²) in [5.74, 6) is -0.0802. The van der Waals surface area contributed by atoms with Crippen molar-refractivity contribution in [3.8, 4) is 0 Å². The van der Waals surface area contributed by atoms with Crippen molar-refractivity contribution in [2.24, 2.45) is 5.73 Å². The van der Waals surface area contributed by atoms with Crippen LogP contribution in [-0.2, 0) is 5.41 Å². The number of halogens is 2. The third-order valence-corrected chi connectivity index (χ3v) is 3.95. The lowest BCUT2D eigenvalue weighted by Gasteiger charge is -2.42. The summed E-state index contributed by atoms with van der Waals surface area (Å²) in [5.41, 5.74) is 7.18. The Bertz CT molecular complexity index is 380. The van der Waals surface area contributed by atoms with Crippen LogP contribution in [0.25, 0.3) is 0 Å². The average molecular weight is 272 g/mol. The normalized spacial score (nSPS) is 18.7. The molecule has 0 heterocycles. The van der Waals surface area contributed by atoms with E-state index in [9.17, 15) is 4.39 Å². The predicted octanol–water partition coefficient (Wildman–Crippen LogP) is 3.28. The minimum Gasteiger partial charge on any atom is -0.330 e. The lowest BCUT2D eigenvalue weighted by molar-refractivity contribution is 0.244. The van der Waals surface area contributed by atoms with Gasteiger partial charge in [0.25, 0.3) is 0 Å². The van der Waals surface area contributed by atoms with Gasteiger partial charge in [0, 0.05) is 16.4 Å². The van der Waals surface area contributed by atoms with Crippen LogP contribution in [0.15, 0.2) is 16.6 Å². The van der Waals surface area contributed by atoms with E-state index in [0.29, 0.717) is 12.1 Å². The number of aryl methyl sites for hydroxylation is 1. The first-order valence-electron chi connectivity index (χ1n) is 5.25. The van der Waals surface area contributed by atoms with Crippen LogP contribution < -0.4 is 5.73 Å². The Labute approximate surface area is 98.0 Å². The molecule has 0 unspecified atom stereocenters. The molecule has 0 bridgehead atoms. The molecule has 0 aromatic heterocycles. The molecule has 0 amide bonds. The standard InChI is InChI=1S/C12H15BrFN/c1-8-5-9(13)6-10(11(8)14)12(7-15)3-2-4-12/h5-6H,2-4,7,15H2,1H3. The zero-order valence-corrected chi connectivity index (χ0v) is 10.4. The van der Waals surface area contributed by atoms with E-state index in [2.05, 4.69) is 15.9 Å². The van der Waals surface area contributed by atoms with E-state index in [0.717, 1.165) is 29.3 Å². The molecule has 1 nitrogen and oxygen atoms in total. The molecule has 1 aromatic carbocycles. The van der Waals surface area contributed by atoms with E-state index in [4.69, 9.17) is 5.73 Å². The third kappa shape index (κ3) is 1.72. The molecule has 1 aromatic rings. The van der Waals surface area contributed by atoms with E-state index in [1.807, 2.05) is 12.1 Å². The number of hydrogen-bond acceptors (Lipinski definition) is 1. The van der Waals surface area contributed by atoms with E-state index >= 15 is 0 Å². The Morgan fingerprint density at radius 2 is 2.13 bits per heavy atom. The molecular weight excluding hydrogens is 257 g/mol. The Morgan fingerprint density at radius 3 is 2.60 bits per heavy atom. The molecule has 1 aliphatic carbocycles. The zero-order chi connectivity index (χ0) is 11.1. The van der Waals surface area contributed by atoms with Crippen molar-refractivity contribution in [2.75, 3.05) is 6.54 Å². The van der Waals surface area contributed by atoms with Crippen LogP contribution in [0, 0.1) is 12.7 Å². The van der Waals surface area contributed by atoms with Crippen LogP contribution in [-0.4, -0.2) is 6.54 Å². The third-order valence-electron chi connectivity index (χ3n) is 3.49. The van der Waals surface area contributed by atoms with E-state index < -0.39 is 0 Å². The molecule has 82 valence electrons. The van der Waals surface area contributed by atoms with Gasteiger partial charge in [0.05, 0.1) is 0 Å². The largest absolute Gasteiger partial charge is 0.330 e. The molecule has 0 aliphatic heterocycles. The number of nitrogens with two attached hydrogens (primary N) is 1. The summed E-state index contributed by atoms with van der Waals surface area (Å²) in [7, 11) is 0. The minimum absolute atomic E-state index is 0.0802. The van der Waals surface area contributed by atoms with Gasteiger partial charge >= 0.3 is 0 Å². The van der Waals surface area contributed by atoms with Crippen LogP contribution in [0.3, 0.4) is 0 Å². The van der Waals surface area contributed by atoms with E-state index in [1.165, 1.54) is 0 Å². The predicted molar refractivity (Wildman–Crippen MR) is 63.4 cm³/mol. The van der Waals surface area contributed by atoms with Gasteiger partial charge in [-0.2, -0.15) is 0 Å². The molecule has 2 rings (SSSR count). The highest BCUT2D eigenvalue weighted by atomic mass is 79.9. The fraction of sp³-hybridized carbons (Fsp3) is 0.500. The average Bonchev–Trinajstić information content (AvgIpc) is 2.12. The summed E-state index contributed by atoms with van der Waals surface area (Å²) >= 11 is 3.41. The van der Waals surface area contributed by atoms with Crippen molar-refractivity contribution in [2.45, 2.75) is 31.6 Å². The Kier molecular flexibility index (Phi) is 2.86. The van der Waals surface area contributed by atoms with Crippen molar-refractivity contribution in [3.63, 3.8) is 0 Å². The molecule has 15 heavy (non-hydrogen) atoms. The quantitative estimate of drug-likeness (QED) is 0.878. The lowest BCUT2D eigenvalue weighted by atomic mass is 9.64.